The van der Waals surface area contributed by atoms with Crippen LogP contribution >= 0.6 is 0 Å². The van der Waals surface area contributed by atoms with Gasteiger partial charge in [0.2, 0.25) is 0 Å². The van der Waals surface area contributed by atoms with Gasteiger partial charge < -0.3 is 9.84 Å². The lowest BCUT2D eigenvalue weighted by Crippen LogP contribution is -2.31. The molecular formula is C13H24O2. The Kier molecular flexibility index (Phi) is 4.04. The molecule has 2 unspecified atom stereocenters. The van der Waals surface area contributed by atoms with E-state index in [1.165, 1.54) is 25.7 Å². The normalized spacial score (nSPS) is 42.8. The Morgan fingerprint density at radius 3 is 2.33 bits per heavy atom. The van der Waals surface area contributed by atoms with Crippen LogP contribution in [0.2, 0.25) is 0 Å². The molecule has 0 aliphatic heterocycles. The smallest absolute Gasteiger partial charge is 0.0581 e. The molecule has 0 aromatic carbocycles. The molecule has 2 rings (SSSR count). The fraction of sp³-hybridized carbons (Fsp3) is 1.00. The lowest BCUT2D eigenvalue weighted by molar-refractivity contribution is -0.0665. The SMILES string of the molecule is CC1CCCC(OC2CCC(O)CC2)C1. The van der Waals surface area contributed by atoms with Gasteiger partial charge in [-0.05, 0) is 44.4 Å². The standard InChI is InChI=1S/C13H24O2/c1-10-3-2-4-13(9-10)15-12-7-5-11(14)6-8-12/h10-14H,2-9H2,1H3. The minimum Gasteiger partial charge on any atom is -0.393 e. The first-order valence-electron chi connectivity index (χ1n) is 6.57. The van der Waals surface area contributed by atoms with Crippen molar-refractivity contribution >= 4 is 0 Å². The van der Waals surface area contributed by atoms with Crippen LogP contribution in [0.4, 0.5) is 0 Å². The highest BCUT2D eigenvalue weighted by Gasteiger charge is 2.25. The maximum absolute atomic E-state index is 9.42. The van der Waals surface area contributed by atoms with Gasteiger partial charge >= 0.3 is 0 Å². The van der Waals surface area contributed by atoms with Crippen LogP contribution < -0.4 is 0 Å². The highest BCUT2D eigenvalue weighted by Crippen LogP contribution is 2.29. The molecule has 2 heteroatoms. The Morgan fingerprint density at radius 1 is 0.933 bits per heavy atom. The molecule has 2 fully saturated rings. The maximum atomic E-state index is 9.42. The van der Waals surface area contributed by atoms with Crippen LogP contribution in [0.1, 0.15) is 58.3 Å². The Balaban J connectivity index is 1.71. The third kappa shape index (κ3) is 3.46. The van der Waals surface area contributed by atoms with E-state index in [1.807, 2.05) is 0 Å². The molecule has 2 atom stereocenters. The van der Waals surface area contributed by atoms with Crippen molar-refractivity contribution in [1.29, 1.82) is 0 Å². The minimum atomic E-state index is -0.0601. The summed E-state index contributed by atoms with van der Waals surface area (Å²) < 4.78 is 6.14. The number of hydrogen-bond donors (Lipinski definition) is 1. The van der Waals surface area contributed by atoms with Crippen molar-refractivity contribution in [2.24, 2.45) is 5.92 Å². The van der Waals surface area contributed by atoms with E-state index < -0.39 is 0 Å². The summed E-state index contributed by atoms with van der Waals surface area (Å²) in [6, 6.07) is 0. The van der Waals surface area contributed by atoms with Gasteiger partial charge in [-0.1, -0.05) is 19.8 Å². The summed E-state index contributed by atoms with van der Waals surface area (Å²) in [5.41, 5.74) is 0. The Labute approximate surface area is 93.0 Å². The second-order valence-corrected chi connectivity index (χ2v) is 5.46. The summed E-state index contributed by atoms with van der Waals surface area (Å²) in [5, 5.41) is 9.42. The first-order chi connectivity index (χ1) is 7.24. The molecule has 1 N–H and O–H groups in total. The Hall–Kier alpha value is -0.0800. The van der Waals surface area contributed by atoms with Gasteiger partial charge in [0.25, 0.3) is 0 Å². The molecule has 0 heterocycles. The second kappa shape index (κ2) is 5.31. The number of aliphatic hydroxyl groups is 1. The molecule has 88 valence electrons. The van der Waals surface area contributed by atoms with E-state index in [4.69, 9.17) is 4.74 Å². The Morgan fingerprint density at radius 2 is 1.67 bits per heavy atom. The van der Waals surface area contributed by atoms with Crippen LogP contribution in [0.3, 0.4) is 0 Å². The molecule has 0 spiro atoms. The number of rotatable bonds is 2. The van der Waals surface area contributed by atoms with Crippen molar-refractivity contribution in [2.45, 2.75) is 76.6 Å². The first kappa shape index (κ1) is 11.4. The Bertz CT molecular complexity index is 185. The van der Waals surface area contributed by atoms with Gasteiger partial charge in [-0.25, -0.2) is 0 Å². The third-order valence-corrected chi connectivity index (χ3v) is 3.92. The number of ether oxygens (including phenoxy) is 1. The zero-order valence-electron chi connectivity index (χ0n) is 9.82. The summed E-state index contributed by atoms with van der Waals surface area (Å²) in [7, 11) is 0. The molecule has 0 amide bonds. The van der Waals surface area contributed by atoms with Gasteiger partial charge in [0, 0.05) is 0 Å². The fourth-order valence-corrected chi connectivity index (χ4v) is 2.96. The van der Waals surface area contributed by atoms with Gasteiger partial charge in [0.05, 0.1) is 18.3 Å². The van der Waals surface area contributed by atoms with Crippen molar-refractivity contribution in [3.05, 3.63) is 0 Å². The third-order valence-electron chi connectivity index (χ3n) is 3.92. The molecular weight excluding hydrogens is 188 g/mol. The van der Waals surface area contributed by atoms with Crippen LogP contribution in [0.25, 0.3) is 0 Å². The summed E-state index contributed by atoms with van der Waals surface area (Å²) in [5.74, 6) is 0.845. The molecule has 0 bridgehead atoms. The van der Waals surface area contributed by atoms with Crippen LogP contribution in [0, 0.1) is 5.92 Å². The van der Waals surface area contributed by atoms with Crippen LogP contribution in [0.5, 0.6) is 0 Å². The summed E-state index contributed by atoms with van der Waals surface area (Å²) in [4.78, 5) is 0. The van der Waals surface area contributed by atoms with Crippen molar-refractivity contribution < 1.29 is 9.84 Å². The summed E-state index contributed by atoms with van der Waals surface area (Å²) >= 11 is 0. The van der Waals surface area contributed by atoms with Crippen molar-refractivity contribution in [3.8, 4) is 0 Å². The molecule has 2 saturated carbocycles. The molecule has 2 aliphatic rings. The maximum Gasteiger partial charge on any atom is 0.0581 e. The highest BCUT2D eigenvalue weighted by atomic mass is 16.5. The predicted molar refractivity (Wildman–Crippen MR) is 60.8 cm³/mol. The average molecular weight is 212 g/mol. The van der Waals surface area contributed by atoms with Gasteiger partial charge in [0.1, 0.15) is 0 Å². The van der Waals surface area contributed by atoms with Gasteiger partial charge in [-0.3, -0.25) is 0 Å². The molecule has 15 heavy (non-hydrogen) atoms. The monoisotopic (exact) mass is 212 g/mol. The van der Waals surface area contributed by atoms with E-state index in [9.17, 15) is 5.11 Å². The first-order valence-corrected chi connectivity index (χ1v) is 6.57. The average Bonchev–Trinajstić information content (AvgIpc) is 2.22. The van der Waals surface area contributed by atoms with E-state index in [1.54, 1.807) is 0 Å². The number of aliphatic hydroxyl groups excluding tert-OH is 1. The van der Waals surface area contributed by atoms with Gasteiger partial charge in [0.15, 0.2) is 0 Å². The predicted octanol–water partition coefficient (Wildman–Crippen LogP) is 2.89. The molecule has 0 aromatic heterocycles. The summed E-state index contributed by atoms with van der Waals surface area (Å²) in [6.07, 6.45) is 10.1. The van der Waals surface area contributed by atoms with Crippen LogP contribution in [-0.2, 0) is 4.74 Å². The molecule has 2 aliphatic carbocycles. The minimum absolute atomic E-state index is 0.0601. The highest BCUT2D eigenvalue weighted by molar-refractivity contribution is 4.76. The van der Waals surface area contributed by atoms with E-state index in [2.05, 4.69) is 6.92 Å². The van der Waals surface area contributed by atoms with Crippen LogP contribution in [-0.4, -0.2) is 23.4 Å². The topological polar surface area (TPSA) is 29.5 Å². The molecule has 2 nitrogen and oxygen atoms in total. The van der Waals surface area contributed by atoms with E-state index in [0.717, 1.165) is 31.6 Å². The van der Waals surface area contributed by atoms with Gasteiger partial charge in [-0.15, -0.1) is 0 Å². The quantitative estimate of drug-likeness (QED) is 0.762. The van der Waals surface area contributed by atoms with Crippen molar-refractivity contribution in [3.63, 3.8) is 0 Å². The molecule has 0 aromatic rings. The van der Waals surface area contributed by atoms with E-state index in [-0.39, 0.29) is 6.10 Å². The van der Waals surface area contributed by atoms with Gasteiger partial charge in [-0.2, -0.15) is 0 Å². The zero-order chi connectivity index (χ0) is 10.7. The molecule has 0 radical (unpaired) electrons. The summed E-state index contributed by atoms with van der Waals surface area (Å²) in [6.45, 7) is 2.33. The lowest BCUT2D eigenvalue weighted by Gasteiger charge is -2.33. The fourth-order valence-electron chi connectivity index (χ4n) is 2.96. The molecule has 0 saturated heterocycles. The van der Waals surface area contributed by atoms with E-state index in [0.29, 0.717) is 12.2 Å². The zero-order valence-corrected chi connectivity index (χ0v) is 9.82. The van der Waals surface area contributed by atoms with Crippen LogP contribution in [0.15, 0.2) is 0 Å². The van der Waals surface area contributed by atoms with Crippen molar-refractivity contribution in [1.82, 2.24) is 0 Å². The van der Waals surface area contributed by atoms with E-state index >= 15 is 0 Å². The largest absolute Gasteiger partial charge is 0.393 e. The number of hydrogen-bond acceptors (Lipinski definition) is 2. The lowest BCUT2D eigenvalue weighted by atomic mass is 9.88. The second-order valence-electron chi connectivity index (χ2n) is 5.46. The van der Waals surface area contributed by atoms with Crippen molar-refractivity contribution in [2.75, 3.05) is 0 Å².